The highest BCUT2D eigenvalue weighted by Gasteiger charge is 2.11. The molecule has 0 aromatic rings. The predicted octanol–water partition coefficient (Wildman–Crippen LogP) is -0.253. The van der Waals surface area contributed by atoms with Crippen LogP contribution in [0, 0.1) is 0 Å². The quantitative estimate of drug-likeness (QED) is 0.476. The first-order chi connectivity index (χ1) is 6.61. The highest BCUT2D eigenvalue weighted by molar-refractivity contribution is 5.81. The van der Waals surface area contributed by atoms with E-state index in [2.05, 4.69) is 4.74 Å². The number of ether oxygens (including phenoxy) is 1. The fourth-order valence-corrected chi connectivity index (χ4v) is 0.958. The zero-order valence-corrected chi connectivity index (χ0v) is 8.78. The largest absolute Gasteiger partial charge is 0.468 e. The minimum Gasteiger partial charge on any atom is -0.468 e. The van der Waals surface area contributed by atoms with Crippen molar-refractivity contribution in [2.75, 3.05) is 27.2 Å². The van der Waals surface area contributed by atoms with Crippen molar-refractivity contribution in [2.24, 2.45) is 5.73 Å². The van der Waals surface area contributed by atoms with Crippen molar-refractivity contribution in [3.8, 4) is 0 Å². The van der Waals surface area contributed by atoms with Gasteiger partial charge in [0.2, 0.25) is 5.91 Å². The summed E-state index contributed by atoms with van der Waals surface area (Å²) in [5.41, 5.74) is 5.29. The number of unbranched alkanes of at least 4 members (excludes halogenated alkanes) is 1. The Morgan fingerprint density at radius 3 is 2.50 bits per heavy atom. The van der Waals surface area contributed by atoms with E-state index in [4.69, 9.17) is 5.73 Å². The molecule has 82 valence electrons. The number of carbonyl (C=O) groups excluding carboxylic acids is 2. The summed E-state index contributed by atoms with van der Waals surface area (Å²) in [6.45, 7) is 0.603. The molecule has 0 saturated carbocycles. The van der Waals surface area contributed by atoms with E-state index >= 15 is 0 Å². The number of carbonyl (C=O) groups is 2. The highest BCUT2D eigenvalue weighted by Crippen LogP contribution is 1.98. The normalized spacial score (nSPS) is 9.64. The highest BCUT2D eigenvalue weighted by atomic mass is 16.5. The Kier molecular flexibility index (Phi) is 6.74. The first kappa shape index (κ1) is 12.9. The monoisotopic (exact) mass is 202 g/mol. The van der Waals surface area contributed by atoms with Crippen LogP contribution in [-0.4, -0.2) is 44.0 Å². The molecule has 0 atom stereocenters. The van der Waals surface area contributed by atoms with Crippen molar-refractivity contribution >= 4 is 11.9 Å². The third-order valence-corrected chi connectivity index (χ3v) is 1.86. The second kappa shape index (κ2) is 7.32. The Labute approximate surface area is 84.2 Å². The zero-order chi connectivity index (χ0) is 11.0. The summed E-state index contributed by atoms with van der Waals surface area (Å²) >= 11 is 0. The lowest BCUT2D eigenvalue weighted by molar-refractivity contribution is -0.146. The minimum absolute atomic E-state index is 0.0119. The van der Waals surface area contributed by atoms with Gasteiger partial charge in [-0.2, -0.15) is 0 Å². The third kappa shape index (κ3) is 5.53. The maximum atomic E-state index is 11.3. The average molecular weight is 202 g/mol. The number of nitrogens with two attached hydrogens (primary N) is 1. The molecule has 1 amide bonds. The molecule has 0 spiro atoms. The first-order valence-electron chi connectivity index (χ1n) is 4.62. The van der Waals surface area contributed by atoms with Gasteiger partial charge in [0.05, 0.1) is 7.11 Å². The van der Waals surface area contributed by atoms with Gasteiger partial charge in [-0.05, 0) is 19.4 Å². The van der Waals surface area contributed by atoms with E-state index in [1.807, 2.05) is 0 Å². The van der Waals surface area contributed by atoms with Gasteiger partial charge in [-0.3, -0.25) is 9.59 Å². The van der Waals surface area contributed by atoms with Crippen LogP contribution in [0.1, 0.15) is 19.3 Å². The molecule has 0 saturated heterocycles. The molecule has 0 bridgehead atoms. The molecule has 0 aromatic heterocycles. The van der Waals surface area contributed by atoms with E-state index in [-0.39, 0.29) is 12.5 Å². The van der Waals surface area contributed by atoms with Gasteiger partial charge in [0.25, 0.3) is 0 Å². The van der Waals surface area contributed by atoms with Crippen LogP contribution < -0.4 is 5.73 Å². The molecule has 0 rings (SSSR count). The van der Waals surface area contributed by atoms with Crippen LogP contribution in [0.3, 0.4) is 0 Å². The summed E-state index contributed by atoms with van der Waals surface area (Å²) in [5.74, 6) is -0.455. The minimum atomic E-state index is -0.403. The van der Waals surface area contributed by atoms with Crippen molar-refractivity contribution in [3.63, 3.8) is 0 Å². The SMILES string of the molecule is COC(=O)CN(C)C(=O)CCCCN. The summed E-state index contributed by atoms with van der Waals surface area (Å²) in [6.07, 6.45) is 2.03. The van der Waals surface area contributed by atoms with Crippen LogP contribution in [0.25, 0.3) is 0 Å². The van der Waals surface area contributed by atoms with Crippen molar-refractivity contribution in [1.82, 2.24) is 4.90 Å². The molecule has 0 aromatic carbocycles. The Morgan fingerprint density at radius 1 is 1.36 bits per heavy atom. The Morgan fingerprint density at radius 2 is 2.00 bits per heavy atom. The van der Waals surface area contributed by atoms with Crippen LogP contribution in [0.4, 0.5) is 0 Å². The van der Waals surface area contributed by atoms with Gasteiger partial charge in [-0.15, -0.1) is 0 Å². The lowest BCUT2D eigenvalue weighted by Crippen LogP contribution is -2.32. The second-order valence-corrected chi connectivity index (χ2v) is 3.07. The molecule has 0 aliphatic heterocycles. The summed E-state index contributed by atoms with van der Waals surface area (Å²) in [4.78, 5) is 23.5. The molecule has 2 N–H and O–H groups in total. The number of hydrogen-bond donors (Lipinski definition) is 1. The van der Waals surface area contributed by atoms with Crippen LogP contribution in [-0.2, 0) is 14.3 Å². The molecule has 0 radical (unpaired) electrons. The number of nitrogens with zero attached hydrogens (tertiary/aromatic N) is 1. The van der Waals surface area contributed by atoms with Crippen molar-refractivity contribution in [2.45, 2.75) is 19.3 Å². The van der Waals surface area contributed by atoms with Gasteiger partial charge in [0, 0.05) is 13.5 Å². The third-order valence-electron chi connectivity index (χ3n) is 1.86. The lowest BCUT2D eigenvalue weighted by atomic mass is 10.2. The maximum absolute atomic E-state index is 11.3. The van der Waals surface area contributed by atoms with E-state index < -0.39 is 5.97 Å². The lowest BCUT2D eigenvalue weighted by Gasteiger charge is -2.15. The smallest absolute Gasteiger partial charge is 0.325 e. The van der Waals surface area contributed by atoms with Crippen LogP contribution >= 0.6 is 0 Å². The summed E-state index contributed by atoms with van der Waals surface area (Å²) < 4.78 is 4.44. The second-order valence-electron chi connectivity index (χ2n) is 3.07. The molecular formula is C9H18N2O3. The fraction of sp³-hybridized carbons (Fsp3) is 0.778. The summed E-state index contributed by atoms with van der Waals surface area (Å²) in [5, 5.41) is 0. The molecule has 0 heterocycles. The standard InChI is InChI=1S/C9H18N2O3/c1-11(7-9(13)14-2)8(12)5-3-4-6-10/h3-7,10H2,1-2H3. The van der Waals surface area contributed by atoms with Gasteiger partial charge >= 0.3 is 5.97 Å². The van der Waals surface area contributed by atoms with Crippen molar-refractivity contribution < 1.29 is 14.3 Å². The number of likely N-dealkylation sites (N-methyl/N-ethyl adjacent to an activating group) is 1. The number of methoxy groups -OCH3 is 1. The van der Waals surface area contributed by atoms with E-state index in [0.29, 0.717) is 13.0 Å². The number of hydrogen-bond acceptors (Lipinski definition) is 4. The van der Waals surface area contributed by atoms with Crippen molar-refractivity contribution in [1.29, 1.82) is 0 Å². The average Bonchev–Trinajstić information content (AvgIpc) is 2.17. The zero-order valence-electron chi connectivity index (χ0n) is 8.78. The van der Waals surface area contributed by atoms with Gasteiger partial charge < -0.3 is 15.4 Å². The number of rotatable bonds is 6. The molecule has 0 aliphatic rings. The Balaban J connectivity index is 3.70. The van der Waals surface area contributed by atoms with Gasteiger partial charge in [-0.25, -0.2) is 0 Å². The van der Waals surface area contributed by atoms with E-state index in [9.17, 15) is 9.59 Å². The van der Waals surface area contributed by atoms with Gasteiger partial charge in [-0.1, -0.05) is 0 Å². The molecule has 14 heavy (non-hydrogen) atoms. The van der Waals surface area contributed by atoms with Gasteiger partial charge in [0.15, 0.2) is 0 Å². The summed E-state index contributed by atoms with van der Waals surface area (Å²) in [6, 6.07) is 0. The summed E-state index contributed by atoms with van der Waals surface area (Å²) in [7, 11) is 2.89. The first-order valence-corrected chi connectivity index (χ1v) is 4.62. The maximum Gasteiger partial charge on any atom is 0.325 e. The molecule has 0 fully saturated rings. The molecule has 0 unspecified atom stereocenters. The van der Waals surface area contributed by atoms with Crippen LogP contribution in [0.2, 0.25) is 0 Å². The Hall–Kier alpha value is -1.10. The predicted molar refractivity (Wildman–Crippen MR) is 52.6 cm³/mol. The molecule has 0 aliphatic carbocycles. The van der Waals surface area contributed by atoms with Crippen LogP contribution in [0.15, 0.2) is 0 Å². The van der Waals surface area contributed by atoms with Crippen LogP contribution in [0.5, 0.6) is 0 Å². The van der Waals surface area contributed by atoms with Crippen molar-refractivity contribution in [3.05, 3.63) is 0 Å². The molecule has 5 heteroatoms. The topological polar surface area (TPSA) is 72.6 Å². The fourth-order valence-electron chi connectivity index (χ4n) is 0.958. The van der Waals surface area contributed by atoms with Gasteiger partial charge in [0.1, 0.15) is 6.54 Å². The number of amides is 1. The molecule has 5 nitrogen and oxygen atoms in total. The Bertz CT molecular complexity index is 194. The number of esters is 1. The van der Waals surface area contributed by atoms with E-state index in [1.54, 1.807) is 7.05 Å². The van der Waals surface area contributed by atoms with E-state index in [0.717, 1.165) is 12.8 Å². The molecular weight excluding hydrogens is 184 g/mol. The van der Waals surface area contributed by atoms with E-state index in [1.165, 1.54) is 12.0 Å².